The van der Waals surface area contributed by atoms with E-state index in [1.165, 1.54) is 25.1 Å². The van der Waals surface area contributed by atoms with E-state index in [1.54, 1.807) is 13.8 Å². The molecule has 0 fully saturated rings. The Morgan fingerprint density at radius 2 is 1.86 bits per heavy atom. The Morgan fingerprint density at radius 3 is 2.33 bits per heavy atom. The Labute approximate surface area is 127 Å². The number of anilines is 1. The van der Waals surface area contributed by atoms with Gasteiger partial charge in [0.2, 0.25) is 11.8 Å². The molecule has 0 saturated heterocycles. The van der Waals surface area contributed by atoms with Gasteiger partial charge in [-0.1, -0.05) is 25.4 Å². The molecule has 6 nitrogen and oxygen atoms in total. The lowest BCUT2D eigenvalue weighted by atomic mass is 10.0. The molecule has 1 rings (SSSR count). The van der Waals surface area contributed by atoms with Crippen LogP contribution in [0, 0.1) is 5.92 Å². The third kappa shape index (κ3) is 4.75. The third-order valence-corrected chi connectivity index (χ3v) is 3.01. The highest BCUT2D eigenvalue weighted by Gasteiger charge is 2.24. The maximum absolute atomic E-state index is 12.2. The highest BCUT2D eigenvalue weighted by molar-refractivity contribution is 6.31. The van der Waals surface area contributed by atoms with E-state index in [2.05, 4.69) is 10.6 Å². The third-order valence-electron chi connectivity index (χ3n) is 2.78. The van der Waals surface area contributed by atoms with Gasteiger partial charge in [-0.3, -0.25) is 9.59 Å². The molecule has 2 amide bonds. The van der Waals surface area contributed by atoms with Gasteiger partial charge < -0.3 is 15.7 Å². The number of nitrogens with one attached hydrogen (secondary N) is 2. The van der Waals surface area contributed by atoms with Crippen molar-refractivity contribution in [2.45, 2.75) is 26.8 Å². The summed E-state index contributed by atoms with van der Waals surface area (Å²) in [6.45, 7) is 4.87. The summed E-state index contributed by atoms with van der Waals surface area (Å²) >= 11 is 5.75. The van der Waals surface area contributed by atoms with Crippen molar-refractivity contribution in [2.75, 3.05) is 5.32 Å². The first-order chi connectivity index (χ1) is 9.72. The number of carboxylic acid groups (broad SMARTS) is 1. The van der Waals surface area contributed by atoms with Crippen LogP contribution in [0.3, 0.4) is 0 Å². The van der Waals surface area contributed by atoms with E-state index < -0.39 is 17.9 Å². The molecule has 0 spiro atoms. The first-order valence-corrected chi connectivity index (χ1v) is 6.71. The van der Waals surface area contributed by atoms with E-state index in [0.717, 1.165) is 0 Å². The Morgan fingerprint density at radius 1 is 1.24 bits per heavy atom. The van der Waals surface area contributed by atoms with Crippen LogP contribution in [-0.2, 0) is 9.59 Å². The predicted molar refractivity (Wildman–Crippen MR) is 79.5 cm³/mol. The second kappa shape index (κ2) is 7.08. The molecule has 0 heterocycles. The number of halogens is 1. The molecule has 114 valence electrons. The highest BCUT2D eigenvalue weighted by Crippen LogP contribution is 2.21. The summed E-state index contributed by atoms with van der Waals surface area (Å²) < 4.78 is 0. The van der Waals surface area contributed by atoms with Crippen LogP contribution in [0.2, 0.25) is 5.02 Å². The smallest absolute Gasteiger partial charge is 0.337 e. The molecule has 3 N–H and O–H groups in total. The molecular weight excluding hydrogens is 296 g/mol. The molecule has 0 aromatic heterocycles. The number of benzene rings is 1. The maximum atomic E-state index is 12.2. The molecule has 1 unspecified atom stereocenters. The van der Waals surface area contributed by atoms with Crippen LogP contribution in [0.15, 0.2) is 18.2 Å². The number of aromatic carboxylic acids is 1. The lowest BCUT2D eigenvalue weighted by Crippen LogP contribution is -2.46. The minimum absolute atomic E-state index is 0.110. The fourth-order valence-corrected chi connectivity index (χ4v) is 1.94. The average molecular weight is 313 g/mol. The number of hydrogen-bond acceptors (Lipinski definition) is 3. The zero-order valence-corrected chi connectivity index (χ0v) is 12.7. The number of carboxylic acids is 1. The van der Waals surface area contributed by atoms with Gasteiger partial charge in [0.1, 0.15) is 6.04 Å². The van der Waals surface area contributed by atoms with Gasteiger partial charge in [0.25, 0.3) is 0 Å². The van der Waals surface area contributed by atoms with Crippen molar-refractivity contribution in [1.29, 1.82) is 0 Å². The molecule has 1 aromatic carbocycles. The van der Waals surface area contributed by atoms with Crippen LogP contribution in [0.1, 0.15) is 31.1 Å². The highest BCUT2D eigenvalue weighted by atomic mass is 35.5. The number of amides is 2. The summed E-state index contributed by atoms with van der Waals surface area (Å²) in [6.07, 6.45) is 0. The molecule has 1 aromatic rings. The second-order valence-corrected chi connectivity index (χ2v) is 5.34. The molecule has 21 heavy (non-hydrogen) atoms. The number of carbonyl (C=O) groups excluding carboxylic acids is 2. The van der Waals surface area contributed by atoms with Crippen molar-refractivity contribution in [2.24, 2.45) is 5.92 Å². The summed E-state index contributed by atoms with van der Waals surface area (Å²) in [7, 11) is 0. The Hall–Kier alpha value is -2.08. The number of carbonyl (C=O) groups is 3. The molecule has 7 heteroatoms. The van der Waals surface area contributed by atoms with E-state index in [4.69, 9.17) is 16.7 Å². The van der Waals surface area contributed by atoms with Crippen molar-refractivity contribution < 1.29 is 19.5 Å². The van der Waals surface area contributed by atoms with E-state index in [9.17, 15) is 14.4 Å². The van der Waals surface area contributed by atoms with E-state index >= 15 is 0 Å². The molecule has 1 atom stereocenters. The number of rotatable bonds is 5. The van der Waals surface area contributed by atoms with Crippen LogP contribution in [0.4, 0.5) is 5.69 Å². The largest absolute Gasteiger partial charge is 0.478 e. The molecule has 0 aliphatic carbocycles. The molecule has 0 radical (unpaired) electrons. The van der Waals surface area contributed by atoms with Crippen LogP contribution in [0.25, 0.3) is 0 Å². The minimum atomic E-state index is -1.20. The fourth-order valence-electron chi connectivity index (χ4n) is 1.77. The topological polar surface area (TPSA) is 95.5 Å². The van der Waals surface area contributed by atoms with Gasteiger partial charge >= 0.3 is 5.97 Å². The molecule has 0 bridgehead atoms. The standard InChI is InChI=1S/C14H17ClN2O4/c1-7(2)12(16-8(3)18)13(19)17-11-5-4-9(15)6-10(11)14(20)21/h4-7,12H,1-3H3,(H,16,18)(H,17,19)(H,20,21). The van der Waals surface area contributed by atoms with Gasteiger partial charge in [0, 0.05) is 11.9 Å². The van der Waals surface area contributed by atoms with Crippen molar-refractivity contribution in [3.8, 4) is 0 Å². The zero-order valence-electron chi connectivity index (χ0n) is 11.9. The van der Waals surface area contributed by atoms with Crippen LogP contribution in [-0.4, -0.2) is 28.9 Å². The SMILES string of the molecule is CC(=O)NC(C(=O)Nc1ccc(Cl)cc1C(=O)O)C(C)C. The van der Waals surface area contributed by atoms with E-state index in [-0.39, 0.29) is 28.1 Å². The molecule has 0 saturated carbocycles. The van der Waals surface area contributed by atoms with E-state index in [1.807, 2.05) is 0 Å². The monoisotopic (exact) mass is 312 g/mol. The van der Waals surface area contributed by atoms with Crippen molar-refractivity contribution >= 4 is 35.1 Å². The van der Waals surface area contributed by atoms with E-state index in [0.29, 0.717) is 0 Å². The van der Waals surface area contributed by atoms with Crippen LogP contribution >= 0.6 is 11.6 Å². The molecule has 0 aliphatic heterocycles. The van der Waals surface area contributed by atoms with Gasteiger partial charge in [-0.15, -0.1) is 0 Å². The minimum Gasteiger partial charge on any atom is -0.478 e. The van der Waals surface area contributed by atoms with Crippen molar-refractivity contribution in [1.82, 2.24) is 5.32 Å². The summed E-state index contributed by atoms with van der Waals surface area (Å²) in [5, 5.41) is 14.4. The number of hydrogen-bond donors (Lipinski definition) is 3. The zero-order chi connectivity index (χ0) is 16.2. The fraction of sp³-hybridized carbons (Fsp3) is 0.357. The summed E-state index contributed by atoms with van der Waals surface area (Å²) in [6, 6.07) is 3.39. The second-order valence-electron chi connectivity index (χ2n) is 4.91. The Balaban J connectivity index is 3.01. The summed E-state index contributed by atoms with van der Waals surface area (Å²) in [5.74, 6) is -2.16. The quantitative estimate of drug-likeness (QED) is 0.776. The van der Waals surface area contributed by atoms with Crippen molar-refractivity contribution in [3.63, 3.8) is 0 Å². The molecular formula is C14H17ClN2O4. The van der Waals surface area contributed by atoms with Crippen molar-refractivity contribution in [3.05, 3.63) is 28.8 Å². The Kier molecular flexibility index (Phi) is 5.72. The lowest BCUT2D eigenvalue weighted by molar-refractivity contribution is -0.126. The van der Waals surface area contributed by atoms with Gasteiger partial charge in [-0.25, -0.2) is 4.79 Å². The normalized spacial score (nSPS) is 11.9. The Bertz CT molecular complexity index is 572. The summed E-state index contributed by atoms with van der Waals surface area (Å²) in [4.78, 5) is 34.5. The summed E-state index contributed by atoms with van der Waals surface area (Å²) in [5.41, 5.74) is 0.0223. The van der Waals surface area contributed by atoms with Gasteiger partial charge in [0.05, 0.1) is 11.3 Å². The van der Waals surface area contributed by atoms with Gasteiger partial charge in [-0.05, 0) is 24.1 Å². The van der Waals surface area contributed by atoms with Crippen LogP contribution < -0.4 is 10.6 Å². The van der Waals surface area contributed by atoms with Gasteiger partial charge in [-0.2, -0.15) is 0 Å². The first-order valence-electron chi connectivity index (χ1n) is 6.33. The maximum Gasteiger partial charge on any atom is 0.337 e. The predicted octanol–water partition coefficient (Wildman–Crippen LogP) is 2.14. The average Bonchev–Trinajstić information content (AvgIpc) is 2.37. The lowest BCUT2D eigenvalue weighted by Gasteiger charge is -2.21. The molecule has 0 aliphatic rings. The van der Waals surface area contributed by atoms with Crippen LogP contribution in [0.5, 0.6) is 0 Å². The first kappa shape index (κ1) is 17.0. The van der Waals surface area contributed by atoms with Gasteiger partial charge in [0.15, 0.2) is 0 Å².